The van der Waals surface area contributed by atoms with Crippen molar-refractivity contribution in [3.8, 4) is 0 Å². The van der Waals surface area contributed by atoms with Gasteiger partial charge in [0.05, 0.1) is 4.90 Å². The van der Waals surface area contributed by atoms with E-state index in [-0.39, 0.29) is 4.90 Å². The van der Waals surface area contributed by atoms with Gasteiger partial charge in [0, 0.05) is 41.1 Å². The molecule has 6 heteroatoms. The summed E-state index contributed by atoms with van der Waals surface area (Å²) in [6, 6.07) is 14.9. The number of sulfonamides is 1. The average molecular weight is 398 g/mol. The van der Waals surface area contributed by atoms with Gasteiger partial charge in [-0.25, -0.2) is 8.42 Å². The number of fused-ring (bicyclic) bond motifs is 1. The second kappa shape index (κ2) is 7.87. The normalized spacial score (nSPS) is 14.7. The third kappa shape index (κ3) is 4.02. The quantitative estimate of drug-likeness (QED) is 0.595. The van der Waals surface area contributed by atoms with Gasteiger partial charge in [0.1, 0.15) is 0 Å². The maximum atomic E-state index is 12.8. The lowest BCUT2D eigenvalue weighted by molar-refractivity contribution is 0.601. The summed E-state index contributed by atoms with van der Waals surface area (Å²) in [6.45, 7) is 4.26. The van der Waals surface area contributed by atoms with Crippen LogP contribution in [-0.4, -0.2) is 26.5 Å². The standard InChI is InChI=1S/C22H27N3O2S/c1-2-3-6-18-15-17-16-19(7-12-22(17)23-18)24-28(26,27)21-10-8-20(9-11-21)25-13-4-5-14-25/h7-12,15-16,23-24H,2-6,13-14H2,1H3. The summed E-state index contributed by atoms with van der Waals surface area (Å²) < 4.78 is 28.3. The van der Waals surface area contributed by atoms with Crippen LogP contribution in [0.5, 0.6) is 0 Å². The first-order valence-corrected chi connectivity index (χ1v) is 11.5. The van der Waals surface area contributed by atoms with Gasteiger partial charge >= 0.3 is 0 Å². The first-order valence-electron chi connectivity index (χ1n) is 10.0. The van der Waals surface area contributed by atoms with Crippen molar-refractivity contribution in [2.24, 2.45) is 0 Å². The molecule has 2 heterocycles. The molecule has 0 radical (unpaired) electrons. The van der Waals surface area contributed by atoms with Crippen LogP contribution in [0, 0.1) is 0 Å². The molecule has 0 amide bonds. The molecule has 0 bridgehead atoms. The lowest BCUT2D eigenvalue weighted by Crippen LogP contribution is -2.18. The highest BCUT2D eigenvalue weighted by Crippen LogP contribution is 2.25. The van der Waals surface area contributed by atoms with Crippen LogP contribution in [0.15, 0.2) is 53.4 Å². The topological polar surface area (TPSA) is 65.2 Å². The van der Waals surface area contributed by atoms with Crippen molar-refractivity contribution in [2.45, 2.75) is 43.9 Å². The zero-order valence-electron chi connectivity index (χ0n) is 16.2. The molecule has 0 aliphatic carbocycles. The molecular formula is C22H27N3O2S. The van der Waals surface area contributed by atoms with Crippen molar-refractivity contribution < 1.29 is 8.42 Å². The third-order valence-electron chi connectivity index (χ3n) is 5.35. The van der Waals surface area contributed by atoms with Gasteiger partial charge in [-0.05, 0) is 74.2 Å². The maximum absolute atomic E-state index is 12.8. The van der Waals surface area contributed by atoms with Crippen LogP contribution in [0.2, 0.25) is 0 Å². The predicted molar refractivity (Wildman–Crippen MR) is 116 cm³/mol. The van der Waals surface area contributed by atoms with Crippen LogP contribution in [0.4, 0.5) is 11.4 Å². The molecule has 148 valence electrons. The zero-order valence-corrected chi connectivity index (χ0v) is 17.1. The summed E-state index contributed by atoms with van der Waals surface area (Å²) in [7, 11) is -3.61. The fourth-order valence-electron chi connectivity index (χ4n) is 3.78. The van der Waals surface area contributed by atoms with E-state index in [9.17, 15) is 8.42 Å². The average Bonchev–Trinajstić information content (AvgIpc) is 3.35. The van der Waals surface area contributed by atoms with Crippen LogP contribution in [0.3, 0.4) is 0 Å². The molecule has 1 aromatic heterocycles. The minimum atomic E-state index is -3.61. The van der Waals surface area contributed by atoms with E-state index in [1.165, 1.54) is 18.5 Å². The van der Waals surface area contributed by atoms with Gasteiger partial charge in [0.25, 0.3) is 10.0 Å². The Morgan fingerprint density at radius 3 is 2.50 bits per heavy atom. The molecule has 0 atom stereocenters. The minimum Gasteiger partial charge on any atom is -0.372 e. The highest BCUT2D eigenvalue weighted by Gasteiger charge is 2.17. The summed E-state index contributed by atoms with van der Waals surface area (Å²) in [6.07, 6.45) is 5.69. The van der Waals surface area contributed by atoms with Crippen LogP contribution < -0.4 is 9.62 Å². The number of aromatic amines is 1. The Balaban J connectivity index is 1.51. The van der Waals surface area contributed by atoms with Gasteiger partial charge in [-0.1, -0.05) is 13.3 Å². The Hall–Kier alpha value is -2.47. The largest absolute Gasteiger partial charge is 0.372 e. The monoisotopic (exact) mass is 397 g/mol. The number of unbranched alkanes of at least 4 members (excludes halogenated alkanes) is 1. The Labute approximate surface area is 166 Å². The van der Waals surface area contributed by atoms with Crippen molar-refractivity contribution in [3.63, 3.8) is 0 Å². The molecule has 1 saturated heterocycles. The smallest absolute Gasteiger partial charge is 0.261 e. The molecular weight excluding hydrogens is 370 g/mol. The van der Waals surface area contributed by atoms with Crippen LogP contribution in [-0.2, 0) is 16.4 Å². The second-order valence-electron chi connectivity index (χ2n) is 7.49. The fourth-order valence-corrected chi connectivity index (χ4v) is 4.83. The van der Waals surface area contributed by atoms with E-state index in [1.54, 1.807) is 18.2 Å². The van der Waals surface area contributed by atoms with E-state index in [4.69, 9.17) is 0 Å². The number of anilines is 2. The summed E-state index contributed by atoms with van der Waals surface area (Å²) in [5, 5.41) is 1.02. The molecule has 0 spiro atoms. The van der Waals surface area contributed by atoms with E-state index in [0.717, 1.165) is 48.9 Å². The molecule has 1 aliphatic heterocycles. The number of H-pyrrole nitrogens is 1. The number of aryl methyl sites for hydroxylation is 1. The Kier molecular flexibility index (Phi) is 5.31. The number of benzene rings is 2. The number of aromatic nitrogens is 1. The van der Waals surface area contributed by atoms with Crippen molar-refractivity contribution in [1.29, 1.82) is 0 Å². The highest BCUT2D eigenvalue weighted by molar-refractivity contribution is 7.92. The second-order valence-corrected chi connectivity index (χ2v) is 9.18. The molecule has 4 rings (SSSR count). The van der Waals surface area contributed by atoms with Crippen LogP contribution in [0.1, 0.15) is 38.3 Å². The van der Waals surface area contributed by atoms with Crippen LogP contribution in [0.25, 0.3) is 10.9 Å². The number of nitrogens with one attached hydrogen (secondary N) is 2. The summed E-state index contributed by atoms with van der Waals surface area (Å²) in [5.41, 5.74) is 3.89. The van der Waals surface area contributed by atoms with E-state index in [2.05, 4.69) is 27.6 Å². The molecule has 0 saturated carbocycles. The van der Waals surface area contributed by atoms with Gasteiger partial charge in [0.2, 0.25) is 0 Å². The Bertz CT molecular complexity index is 1050. The molecule has 3 aromatic rings. The highest BCUT2D eigenvalue weighted by atomic mass is 32.2. The van der Waals surface area contributed by atoms with E-state index in [1.807, 2.05) is 24.3 Å². The zero-order chi connectivity index (χ0) is 19.6. The predicted octanol–water partition coefficient (Wildman–Crippen LogP) is 4.91. The van der Waals surface area contributed by atoms with Crippen molar-refractivity contribution in [2.75, 3.05) is 22.7 Å². The molecule has 5 nitrogen and oxygen atoms in total. The molecule has 2 aromatic carbocycles. The fraction of sp³-hybridized carbons (Fsp3) is 0.364. The number of hydrogen-bond donors (Lipinski definition) is 2. The number of hydrogen-bond acceptors (Lipinski definition) is 3. The van der Waals surface area contributed by atoms with Crippen molar-refractivity contribution in [3.05, 3.63) is 54.2 Å². The maximum Gasteiger partial charge on any atom is 0.261 e. The van der Waals surface area contributed by atoms with E-state index in [0.29, 0.717) is 5.69 Å². The summed E-state index contributed by atoms with van der Waals surface area (Å²) >= 11 is 0. The van der Waals surface area contributed by atoms with Gasteiger partial charge in [-0.15, -0.1) is 0 Å². The first kappa shape index (κ1) is 18.9. The number of rotatable bonds is 7. The molecule has 2 N–H and O–H groups in total. The lowest BCUT2D eigenvalue weighted by atomic mass is 10.2. The van der Waals surface area contributed by atoms with Gasteiger partial charge < -0.3 is 9.88 Å². The molecule has 1 fully saturated rings. The Morgan fingerprint density at radius 1 is 1.04 bits per heavy atom. The van der Waals surface area contributed by atoms with Crippen molar-refractivity contribution in [1.82, 2.24) is 4.98 Å². The first-order chi connectivity index (χ1) is 13.5. The van der Waals surface area contributed by atoms with E-state index >= 15 is 0 Å². The minimum absolute atomic E-state index is 0.285. The SMILES string of the molecule is CCCCc1cc2cc(NS(=O)(=O)c3ccc(N4CCCC4)cc3)ccc2[nH]1. The molecule has 1 aliphatic rings. The van der Waals surface area contributed by atoms with Gasteiger partial charge in [-0.3, -0.25) is 4.72 Å². The summed E-state index contributed by atoms with van der Waals surface area (Å²) in [5.74, 6) is 0. The molecule has 0 unspecified atom stereocenters. The Morgan fingerprint density at radius 2 is 1.79 bits per heavy atom. The third-order valence-corrected chi connectivity index (χ3v) is 6.74. The lowest BCUT2D eigenvalue weighted by Gasteiger charge is -2.17. The molecule has 28 heavy (non-hydrogen) atoms. The van der Waals surface area contributed by atoms with Gasteiger partial charge in [-0.2, -0.15) is 0 Å². The number of nitrogens with zero attached hydrogens (tertiary/aromatic N) is 1. The van der Waals surface area contributed by atoms with Crippen LogP contribution >= 0.6 is 0 Å². The van der Waals surface area contributed by atoms with E-state index < -0.39 is 10.0 Å². The van der Waals surface area contributed by atoms with Crippen molar-refractivity contribution >= 4 is 32.3 Å². The van der Waals surface area contributed by atoms with Gasteiger partial charge in [0.15, 0.2) is 0 Å². The summed E-state index contributed by atoms with van der Waals surface area (Å²) in [4.78, 5) is 5.98.